The Kier molecular flexibility index (Phi) is 3.32. The largest absolute Gasteiger partial charge is 0.383 e. The number of anilines is 1. The van der Waals surface area contributed by atoms with Gasteiger partial charge in [-0.1, -0.05) is 12.1 Å². The third-order valence-electron chi connectivity index (χ3n) is 3.76. The Balaban J connectivity index is 2.34. The van der Waals surface area contributed by atoms with Crippen LogP contribution in [0.2, 0.25) is 0 Å². The van der Waals surface area contributed by atoms with E-state index in [4.69, 9.17) is 5.73 Å². The predicted molar refractivity (Wildman–Crippen MR) is 78.9 cm³/mol. The lowest BCUT2D eigenvalue weighted by Crippen LogP contribution is -2.26. The molecule has 2 aromatic rings. The fraction of sp³-hybridized carbons (Fsp3) is 0.250. The zero-order valence-corrected chi connectivity index (χ0v) is 11.7. The van der Waals surface area contributed by atoms with Crippen LogP contribution < -0.4 is 11.1 Å². The van der Waals surface area contributed by atoms with Crippen LogP contribution in [0.5, 0.6) is 0 Å². The van der Waals surface area contributed by atoms with Crippen LogP contribution in [0.1, 0.15) is 22.4 Å². The molecule has 1 aromatic carbocycles. The highest BCUT2D eigenvalue weighted by Crippen LogP contribution is 2.35. The molecule has 1 aliphatic heterocycles. The van der Waals surface area contributed by atoms with Crippen molar-refractivity contribution in [3.05, 3.63) is 46.4 Å². The van der Waals surface area contributed by atoms with E-state index >= 15 is 0 Å². The Bertz CT molecular complexity index is 762. The van der Waals surface area contributed by atoms with Gasteiger partial charge in [-0.15, -0.1) is 0 Å². The minimum Gasteiger partial charge on any atom is -0.383 e. The number of nitrogens with one attached hydrogen (secondary N) is 1. The normalized spacial score (nSPS) is 13.6. The lowest BCUT2D eigenvalue weighted by Gasteiger charge is -2.22. The lowest BCUT2D eigenvalue weighted by molar-refractivity contribution is 0.622. The highest BCUT2D eigenvalue weighted by Gasteiger charge is 2.23. The number of rotatable bonds is 1. The zero-order valence-electron chi connectivity index (χ0n) is 11.7. The molecule has 0 atom stereocenters. The molecule has 3 rings (SSSR count). The summed E-state index contributed by atoms with van der Waals surface area (Å²) in [6.07, 6.45) is 0.728. The number of benzene rings is 1. The molecule has 5 heteroatoms. The molecule has 0 amide bonds. The summed E-state index contributed by atoms with van der Waals surface area (Å²) in [6.45, 7) is 3.21. The van der Waals surface area contributed by atoms with Crippen LogP contribution in [-0.4, -0.2) is 11.5 Å². The number of halogens is 1. The quantitative estimate of drug-likeness (QED) is 0.841. The molecule has 0 radical (unpaired) electrons. The second kappa shape index (κ2) is 5.15. The third kappa shape index (κ3) is 2.24. The monoisotopic (exact) mass is 282 g/mol. The molecule has 2 heterocycles. The molecule has 1 aliphatic rings. The first kappa shape index (κ1) is 13.5. The number of pyridine rings is 1. The topological polar surface area (TPSA) is 74.7 Å². The van der Waals surface area contributed by atoms with Gasteiger partial charge >= 0.3 is 0 Å². The van der Waals surface area contributed by atoms with E-state index in [0.29, 0.717) is 17.7 Å². The van der Waals surface area contributed by atoms with Gasteiger partial charge in [-0.3, -0.25) is 0 Å². The van der Waals surface area contributed by atoms with Gasteiger partial charge in [0.25, 0.3) is 0 Å². The van der Waals surface area contributed by atoms with E-state index in [-0.39, 0.29) is 17.2 Å². The first-order chi connectivity index (χ1) is 10.1. The van der Waals surface area contributed by atoms with Gasteiger partial charge in [-0.25, -0.2) is 9.37 Å². The summed E-state index contributed by atoms with van der Waals surface area (Å²) in [5.74, 6) is -0.169. The first-order valence-corrected chi connectivity index (χ1v) is 6.80. The summed E-state index contributed by atoms with van der Waals surface area (Å²) in [5, 5.41) is 12.6. The number of nitrogens with zero attached hydrogens (tertiary/aromatic N) is 2. The van der Waals surface area contributed by atoms with E-state index in [1.807, 2.05) is 13.0 Å². The van der Waals surface area contributed by atoms with Crippen molar-refractivity contribution in [3.63, 3.8) is 0 Å². The van der Waals surface area contributed by atoms with Crippen molar-refractivity contribution < 1.29 is 4.39 Å². The van der Waals surface area contributed by atoms with E-state index in [2.05, 4.69) is 16.4 Å². The fourth-order valence-corrected chi connectivity index (χ4v) is 2.74. The minimum atomic E-state index is -0.343. The summed E-state index contributed by atoms with van der Waals surface area (Å²) >= 11 is 0. The molecular weight excluding hydrogens is 267 g/mol. The summed E-state index contributed by atoms with van der Waals surface area (Å²) in [7, 11) is 0. The van der Waals surface area contributed by atoms with Crippen molar-refractivity contribution in [2.24, 2.45) is 0 Å². The highest BCUT2D eigenvalue weighted by atomic mass is 19.1. The molecule has 0 bridgehead atoms. The van der Waals surface area contributed by atoms with Crippen LogP contribution >= 0.6 is 0 Å². The van der Waals surface area contributed by atoms with Crippen molar-refractivity contribution in [3.8, 4) is 17.2 Å². The van der Waals surface area contributed by atoms with Gasteiger partial charge in [0.15, 0.2) is 0 Å². The van der Waals surface area contributed by atoms with Gasteiger partial charge in [-0.2, -0.15) is 5.26 Å². The third-order valence-corrected chi connectivity index (χ3v) is 3.76. The molecule has 3 N–H and O–H groups in total. The fourth-order valence-electron chi connectivity index (χ4n) is 2.74. The Labute approximate surface area is 122 Å². The second-order valence-corrected chi connectivity index (χ2v) is 5.19. The van der Waals surface area contributed by atoms with Crippen LogP contribution in [0, 0.1) is 24.1 Å². The van der Waals surface area contributed by atoms with E-state index < -0.39 is 0 Å². The van der Waals surface area contributed by atoms with Crippen molar-refractivity contribution in [2.45, 2.75) is 19.9 Å². The molecule has 0 spiro atoms. The van der Waals surface area contributed by atoms with Crippen molar-refractivity contribution >= 4 is 5.82 Å². The predicted octanol–water partition coefficient (Wildman–Crippen LogP) is 2.30. The van der Waals surface area contributed by atoms with Crippen LogP contribution in [0.25, 0.3) is 11.1 Å². The molecule has 21 heavy (non-hydrogen) atoms. The second-order valence-electron chi connectivity index (χ2n) is 5.19. The Hall–Kier alpha value is -2.45. The molecule has 0 aliphatic carbocycles. The Morgan fingerprint density at radius 1 is 1.43 bits per heavy atom. The van der Waals surface area contributed by atoms with Gasteiger partial charge < -0.3 is 11.1 Å². The van der Waals surface area contributed by atoms with E-state index in [1.54, 1.807) is 6.07 Å². The highest BCUT2D eigenvalue weighted by molar-refractivity contribution is 5.79. The van der Waals surface area contributed by atoms with Gasteiger partial charge in [0.2, 0.25) is 0 Å². The molecule has 0 saturated carbocycles. The minimum absolute atomic E-state index is 0.174. The van der Waals surface area contributed by atoms with Crippen LogP contribution in [0.4, 0.5) is 10.2 Å². The van der Waals surface area contributed by atoms with Gasteiger partial charge in [-0.05, 0) is 24.1 Å². The number of nitrogen functional groups attached to an aromatic ring is 1. The number of aryl methyl sites for hydroxylation is 1. The number of nitrogens with two attached hydrogens (primary N) is 1. The van der Waals surface area contributed by atoms with Crippen molar-refractivity contribution in [2.75, 3.05) is 12.3 Å². The first-order valence-electron chi connectivity index (χ1n) is 6.80. The number of aromatic nitrogens is 1. The molecule has 0 unspecified atom stereocenters. The molecule has 0 saturated heterocycles. The Morgan fingerprint density at radius 3 is 2.95 bits per heavy atom. The number of hydrogen-bond acceptors (Lipinski definition) is 4. The van der Waals surface area contributed by atoms with Crippen molar-refractivity contribution in [1.29, 1.82) is 5.26 Å². The number of fused-ring (bicyclic) bond motifs is 1. The molecule has 0 fully saturated rings. The molecule has 106 valence electrons. The molecule has 1 aromatic heterocycles. The number of nitriles is 1. The standard InChI is InChI=1S/C16H15FN4/c1-9-2-3-10(13(17)6-9)15-11(7-18)16(19)21-14-4-5-20-8-12(14)15/h2-3,6,20H,4-5,8H2,1H3,(H2,19,21). The maximum Gasteiger partial charge on any atom is 0.142 e. The smallest absolute Gasteiger partial charge is 0.142 e. The summed E-state index contributed by atoms with van der Waals surface area (Å²) in [5.41, 5.74) is 9.68. The molecule has 4 nitrogen and oxygen atoms in total. The van der Waals surface area contributed by atoms with Crippen LogP contribution in [0.15, 0.2) is 18.2 Å². The average Bonchev–Trinajstić information content (AvgIpc) is 2.46. The number of hydrogen-bond donors (Lipinski definition) is 2. The maximum absolute atomic E-state index is 14.4. The van der Waals surface area contributed by atoms with Crippen LogP contribution in [0.3, 0.4) is 0 Å². The maximum atomic E-state index is 14.4. The zero-order chi connectivity index (χ0) is 15.0. The molecular formula is C16H15FN4. The van der Waals surface area contributed by atoms with E-state index in [1.165, 1.54) is 6.07 Å². The van der Waals surface area contributed by atoms with Gasteiger partial charge in [0, 0.05) is 36.3 Å². The summed E-state index contributed by atoms with van der Waals surface area (Å²) in [4.78, 5) is 4.31. The summed E-state index contributed by atoms with van der Waals surface area (Å²) in [6, 6.07) is 7.08. The average molecular weight is 282 g/mol. The van der Waals surface area contributed by atoms with Gasteiger partial charge in [0.1, 0.15) is 23.3 Å². The van der Waals surface area contributed by atoms with Crippen LogP contribution in [-0.2, 0) is 13.0 Å². The summed E-state index contributed by atoms with van der Waals surface area (Å²) < 4.78 is 14.4. The van der Waals surface area contributed by atoms with E-state index in [0.717, 1.165) is 29.8 Å². The van der Waals surface area contributed by atoms with Gasteiger partial charge in [0.05, 0.1) is 0 Å². The van der Waals surface area contributed by atoms with Crippen molar-refractivity contribution in [1.82, 2.24) is 10.3 Å². The Morgan fingerprint density at radius 2 is 2.24 bits per heavy atom. The van der Waals surface area contributed by atoms with E-state index in [9.17, 15) is 9.65 Å². The lowest BCUT2D eigenvalue weighted by atomic mass is 9.91. The SMILES string of the molecule is Cc1ccc(-c2c(C#N)c(N)nc3c2CNCC3)c(F)c1.